The van der Waals surface area contributed by atoms with Gasteiger partial charge in [0.1, 0.15) is 5.75 Å². The molecule has 0 heterocycles. The number of likely N-dealkylation sites (N-methyl/N-ethyl adjacent to an activating group) is 1. The average Bonchev–Trinajstić information content (AvgIpc) is 2.38. The molecule has 0 bridgehead atoms. The van der Waals surface area contributed by atoms with E-state index in [1.807, 2.05) is 18.2 Å². The lowest BCUT2D eigenvalue weighted by atomic mass is 9.83. The third kappa shape index (κ3) is 3.04. The minimum Gasteiger partial charge on any atom is -0.497 e. The first-order valence-corrected chi connectivity index (χ1v) is 6.43. The number of nitrogens with zero attached hydrogens (tertiary/aromatic N) is 1. The fourth-order valence-corrected chi connectivity index (χ4v) is 2.78. The number of ether oxygens (including phenoxy) is 1. The lowest BCUT2D eigenvalue weighted by molar-refractivity contribution is 0.0696. The Morgan fingerprint density at radius 1 is 1.47 bits per heavy atom. The van der Waals surface area contributed by atoms with Gasteiger partial charge in [0, 0.05) is 12.1 Å². The van der Waals surface area contributed by atoms with Crippen molar-refractivity contribution in [1.82, 2.24) is 4.90 Å². The predicted molar refractivity (Wildman–Crippen MR) is 70.7 cm³/mol. The maximum absolute atomic E-state index is 12.5. The Balaban J connectivity index is 2.20. The zero-order valence-electron chi connectivity index (χ0n) is 11.3. The molecule has 0 saturated carbocycles. The first kappa shape index (κ1) is 14.2. The van der Waals surface area contributed by atoms with E-state index in [9.17, 15) is 8.78 Å². The van der Waals surface area contributed by atoms with E-state index in [2.05, 4.69) is 0 Å². The summed E-state index contributed by atoms with van der Waals surface area (Å²) in [7, 11) is 3.32. The van der Waals surface area contributed by atoms with Crippen LogP contribution in [0.1, 0.15) is 23.6 Å². The summed E-state index contributed by atoms with van der Waals surface area (Å²) < 4.78 is 30.2. The van der Waals surface area contributed by atoms with Gasteiger partial charge in [-0.05, 0) is 43.1 Å². The van der Waals surface area contributed by atoms with Gasteiger partial charge in [-0.15, -0.1) is 0 Å². The number of nitrogens with two attached hydrogens (primary N) is 1. The molecule has 1 aromatic rings. The van der Waals surface area contributed by atoms with Crippen molar-refractivity contribution in [2.75, 3.05) is 20.7 Å². The van der Waals surface area contributed by atoms with E-state index in [0.717, 1.165) is 24.2 Å². The van der Waals surface area contributed by atoms with Crippen molar-refractivity contribution in [3.63, 3.8) is 0 Å². The Labute approximate surface area is 112 Å². The highest BCUT2D eigenvalue weighted by atomic mass is 19.3. The molecule has 0 spiro atoms. The summed E-state index contributed by atoms with van der Waals surface area (Å²) in [5, 5.41) is 0. The molecule has 1 aromatic carbocycles. The van der Waals surface area contributed by atoms with Gasteiger partial charge in [0.25, 0.3) is 6.43 Å². The first-order chi connectivity index (χ1) is 9.02. The van der Waals surface area contributed by atoms with Crippen LogP contribution in [0.25, 0.3) is 0 Å². The molecule has 0 aliphatic heterocycles. The van der Waals surface area contributed by atoms with Crippen LogP contribution in [0.2, 0.25) is 0 Å². The molecule has 106 valence electrons. The fraction of sp³-hybridized carbons (Fsp3) is 0.571. The highest BCUT2D eigenvalue weighted by Crippen LogP contribution is 2.33. The number of fused-ring (bicyclic) bond motifs is 1. The Hall–Kier alpha value is -1.20. The molecule has 2 N–H and O–H groups in total. The number of hydrogen-bond donors (Lipinski definition) is 1. The normalized spacial score (nSPS) is 22.7. The first-order valence-electron chi connectivity index (χ1n) is 6.43. The summed E-state index contributed by atoms with van der Waals surface area (Å²) in [6.07, 6.45) is -0.654. The molecule has 1 aliphatic carbocycles. The molecular weight excluding hydrogens is 250 g/mol. The molecule has 2 rings (SSSR count). The molecule has 0 radical (unpaired) electrons. The SMILES string of the molecule is COc1ccc2c(c1)C(N)C(N(C)CC(F)F)CC2. The Morgan fingerprint density at radius 2 is 2.21 bits per heavy atom. The summed E-state index contributed by atoms with van der Waals surface area (Å²) in [6.45, 7) is -0.238. The van der Waals surface area contributed by atoms with Crippen molar-refractivity contribution in [2.24, 2.45) is 5.73 Å². The predicted octanol–water partition coefficient (Wildman–Crippen LogP) is 2.21. The molecule has 5 heteroatoms. The third-order valence-corrected chi connectivity index (χ3v) is 3.83. The van der Waals surface area contributed by atoms with Crippen LogP contribution in [0.3, 0.4) is 0 Å². The van der Waals surface area contributed by atoms with Gasteiger partial charge in [-0.2, -0.15) is 0 Å². The number of halogens is 2. The highest BCUT2D eigenvalue weighted by Gasteiger charge is 2.30. The molecule has 3 nitrogen and oxygen atoms in total. The van der Waals surface area contributed by atoms with Crippen molar-refractivity contribution in [3.8, 4) is 5.75 Å². The molecule has 0 amide bonds. The third-order valence-electron chi connectivity index (χ3n) is 3.83. The molecular formula is C14H20F2N2O. The zero-order valence-corrected chi connectivity index (χ0v) is 11.3. The quantitative estimate of drug-likeness (QED) is 0.911. The molecule has 1 aliphatic rings. The highest BCUT2D eigenvalue weighted by molar-refractivity contribution is 5.40. The van der Waals surface area contributed by atoms with Gasteiger partial charge in [-0.25, -0.2) is 8.78 Å². The molecule has 0 saturated heterocycles. The van der Waals surface area contributed by atoms with Crippen LogP contribution in [0.5, 0.6) is 5.75 Å². The monoisotopic (exact) mass is 270 g/mol. The number of methoxy groups -OCH3 is 1. The fourth-order valence-electron chi connectivity index (χ4n) is 2.78. The van der Waals surface area contributed by atoms with E-state index in [4.69, 9.17) is 10.5 Å². The smallest absolute Gasteiger partial charge is 0.251 e. The molecule has 2 unspecified atom stereocenters. The van der Waals surface area contributed by atoms with Crippen molar-refractivity contribution >= 4 is 0 Å². The van der Waals surface area contributed by atoms with Gasteiger partial charge in [0.15, 0.2) is 0 Å². The summed E-state index contributed by atoms with van der Waals surface area (Å²) in [5.41, 5.74) is 8.45. The molecule has 0 fully saturated rings. The van der Waals surface area contributed by atoms with Gasteiger partial charge in [-0.1, -0.05) is 6.07 Å². The second-order valence-corrected chi connectivity index (χ2v) is 5.03. The summed E-state index contributed by atoms with van der Waals surface area (Å²) in [5.74, 6) is 0.756. The van der Waals surface area contributed by atoms with Gasteiger partial charge in [-0.3, -0.25) is 4.90 Å². The lowest BCUT2D eigenvalue weighted by Gasteiger charge is -2.37. The minimum atomic E-state index is -2.33. The van der Waals surface area contributed by atoms with Crippen molar-refractivity contribution in [3.05, 3.63) is 29.3 Å². The van der Waals surface area contributed by atoms with Gasteiger partial charge < -0.3 is 10.5 Å². The van der Waals surface area contributed by atoms with Gasteiger partial charge in [0.05, 0.1) is 13.7 Å². The Bertz CT molecular complexity index is 439. The number of benzene rings is 1. The molecule has 2 atom stereocenters. The van der Waals surface area contributed by atoms with E-state index < -0.39 is 6.43 Å². The van der Waals surface area contributed by atoms with Crippen LogP contribution in [-0.2, 0) is 6.42 Å². The van der Waals surface area contributed by atoms with Crippen LogP contribution in [0, 0.1) is 0 Å². The molecule has 19 heavy (non-hydrogen) atoms. The van der Waals surface area contributed by atoms with Crippen molar-refractivity contribution < 1.29 is 13.5 Å². The summed E-state index contributed by atoms with van der Waals surface area (Å²) >= 11 is 0. The summed E-state index contributed by atoms with van der Waals surface area (Å²) in [6, 6.07) is 5.55. The van der Waals surface area contributed by atoms with E-state index >= 15 is 0 Å². The standard InChI is InChI=1S/C14H20F2N2O/c1-18(8-13(15)16)12-6-4-9-3-5-10(19-2)7-11(9)14(12)17/h3,5,7,12-14H,4,6,8,17H2,1-2H3. The second-order valence-electron chi connectivity index (χ2n) is 5.03. The Morgan fingerprint density at radius 3 is 2.84 bits per heavy atom. The number of aryl methyl sites for hydroxylation is 1. The maximum atomic E-state index is 12.5. The summed E-state index contributed by atoms with van der Waals surface area (Å²) in [4.78, 5) is 1.66. The lowest BCUT2D eigenvalue weighted by Crippen LogP contribution is -2.45. The van der Waals surface area contributed by atoms with E-state index in [0.29, 0.717) is 0 Å². The largest absolute Gasteiger partial charge is 0.497 e. The number of hydrogen-bond acceptors (Lipinski definition) is 3. The van der Waals surface area contributed by atoms with Crippen LogP contribution < -0.4 is 10.5 Å². The average molecular weight is 270 g/mol. The topological polar surface area (TPSA) is 38.5 Å². The maximum Gasteiger partial charge on any atom is 0.251 e. The van der Waals surface area contributed by atoms with Crippen LogP contribution in [0.4, 0.5) is 8.78 Å². The zero-order chi connectivity index (χ0) is 14.0. The van der Waals surface area contributed by atoms with Gasteiger partial charge >= 0.3 is 0 Å². The van der Waals surface area contributed by atoms with Crippen molar-refractivity contribution in [1.29, 1.82) is 0 Å². The number of rotatable bonds is 4. The van der Waals surface area contributed by atoms with Crippen molar-refractivity contribution in [2.45, 2.75) is 31.4 Å². The van der Waals surface area contributed by atoms with Gasteiger partial charge in [0.2, 0.25) is 0 Å². The van der Waals surface area contributed by atoms with Crippen LogP contribution in [0.15, 0.2) is 18.2 Å². The second kappa shape index (κ2) is 5.84. The van der Waals surface area contributed by atoms with E-state index in [-0.39, 0.29) is 18.6 Å². The van der Waals surface area contributed by atoms with Crippen LogP contribution in [-0.4, -0.2) is 38.1 Å². The molecule has 0 aromatic heterocycles. The van der Waals surface area contributed by atoms with E-state index in [1.54, 1.807) is 19.1 Å². The minimum absolute atomic E-state index is 0.0476. The Kier molecular flexibility index (Phi) is 4.37. The van der Waals surface area contributed by atoms with E-state index in [1.165, 1.54) is 5.56 Å². The van der Waals surface area contributed by atoms with Crippen LogP contribution >= 0.6 is 0 Å². The number of alkyl halides is 2.